The Morgan fingerprint density at radius 1 is 1.44 bits per heavy atom. The second kappa shape index (κ2) is 4.39. The summed E-state index contributed by atoms with van der Waals surface area (Å²) in [5.74, 6) is 0. The van der Waals surface area contributed by atoms with Crippen molar-refractivity contribution < 1.29 is 0 Å². The van der Waals surface area contributed by atoms with Gasteiger partial charge in [0.05, 0.1) is 17.4 Å². The van der Waals surface area contributed by atoms with Crippen LogP contribution in [0.15, 0.2) is 18.2 Å². The maximum atomic E-state index is 6.27. The van der Waals surface area contributed by atoms with Crippen LogP contribution in [0.2, 0.25) is 0 Å². The Morgan fingerprint density at radius 3 is 2.75 bits per heavy atom. The smallest absolute Gasteiger partial charge is 0.0817 e. The molecule has 2 aromatic heterocycles. The number of nitrogens with two attached hydrogens (primary N) is 1. The summed E-state index contributed by atoms with van der Waals surface area (Å²) in [6, 6.07) is 6.23. The monoisotopic (exact) mass is 235 g/mol. The maximum Gasteiger partial charge on any atom is 0.0817 e. The number of hydrogen-bond acceptors (Lipinski definition) is 3. The van der Waals surface area contributed by atoms with Crippen LogP contribution in [0.1, 0.15) is 34.1 Å². The van der Waals surface area contributed by atoms with Crippen molar-refractivity contribution in [1.82, 2.24) is 9.78 Å². The van der Waals surface area contributed by atoms with Crippen LogP contribution in [0, 0.1) is 13.8 Å². The minimum Gasteiger partial charge on any atom is -0.318 e. The van der Waals surface area contributed by atoms with E-state index in [9.17, 15) is 0 Å². The highest BCUT2D eigenvalue weighted by Gasteiger charge is 2.16. The number of thiophene rings is 1. The minimum atomic E-state index is -0.0557. The van der Waals surface area contributed by atoms with E-state index < -0.39 is 0 Å². The molecule has 2 N–H and O–H groups in total. The van der Waals surface area contributed by atoms with Gasteiger partial charge in [-0.15, -0.1) is 11.3 Å². The van der Waals surface area contributed by atoms with Crippen LogP contribution in [0.25, 0.3) is 0 Å². The molecule has 0 bridgehead atoms. The van der Waals surface area contributed by atoms with Crippen molar-refractivity contribution in [2.45, 2.75) is 33.4 Å². The first kappa shape index (κ1) is 11.4. The van der Waals surface area contributed by atoms with Gasteiger partial charge < -0.3 is 5.73 Å². The fraction of sp³-hybridized carbons (Fsp3) is 0.417. The normalized spacial score (nSPS) is 13.0. The molecule has 0 aliphatic rings. The molecule has 0 aromatic carbocycles. The second-order valence-electron chi connectivity index (χ2n) is 3.95. The van der Waals surface area contributed by atoms with E-state index >= 15 is 0 Å². The molecule has 0 radical (unpaired) electrons. The highest BCUT2D eigenvalue weighted by Crippen LogP contribution is 2.26. The van der Waals surface area contributed by atoms with Gasteiger partial charge in [0.25, 0.3) is 0 Å². The molecular weight excluding hydrogens is 218 g/mol. The molecule has 2 rings (SSSR count). The molecule has 0 amide bonds. The highest BCUT2D eigenvalue weighted by molar-refractivity contribution is 7.12. The van der Waals surface area contributed by atoms with E-state index in [4.69, 9.17) is 5.73 Å². The van der Waals surface area contributed by atoms with Crippen molar-refractivity contribution >= 4 is 11.3 Å². The Labute approximate surface area is 99.9 Å². The van der Waals surface area contributed by atoms with E-state index in [1.165, 1.54) is 9.75 Å². The molecule has 2 heterocycles. The third-order valence-electron chi connectivity index (χ3n) is 2.62. The number of rotatable bonds is 3. The van der Waals surface area contributed by atoms with E-state index in [0.717, 1.165) is 17.9 Å². The Balaban J connectivity index is 2.36. The van der Waals surface area contributed by atoms with Gasteiger partial charge in [0, 0.05) is 16.3 Å². The van der Waals surface area contributed by atoms with Gasteiger partial charge in [-0.1, -0.05) is 0 Å². The fourth-order valence-corrected chi connectivity index (χ4v) is 2.73. The van der Waals surface area contributed by atoms with E-state index in [2.05, 4.69) is 37.1 Å². The molecule has 4 heteroatoms. The SMILES string of the molecule is CCn1nc(C)cc1C(N)c1ccc(C)s1. The van der Waals surface area contributed by atoms with Gasteiger partial charge in [-0.05, 0) is 39.0 Å². The Morgan fingerprint density at radius 2 is 2.19 bits per heavy atom. The molecule has 16 heavy (non-hydrogen) atoms. The molecule has 3 nitrogen and oxygen atoms in total. The van der Waals surface area contributed by atoms with E-state index in [-0.39, 0.29) is 6.04 Å². The average molecular weight is 235 g/mol. The van der Waals surface area contributed by atoms with Gasteiger partial charge in [-0.25, -0.2) is 0 Å². The van der Waals surface area contributed by atoms with Crippen molar-refractivity contribution in [2.24, 2.45) is 5.73 Å². The molecule has 0 spiro atoms. The molecule has 1 atom stereocenters. The zero-order valence-electron chi connectivity index (χ0n) is 9.90. The van der Waals surface area contributed by atoms with Crippen molar-refractivity contribution in [1.29, 1.82) is 0 Å². The average Bonchev–Trinajstić information content (AvgIpc) is 2.83. The number of nitrogens with zero attached hydrogens (tertiary/aromatic N) is 2. The molecule has 1 unspecified atom stereocenters. The van der Waals surface area contributed by atoms with Gasteiger partial charge in [0.15, 0.2) is 0 Å². The Hall–Kier alpha value is -1.13. The van der Waals surface area contributed by atoms with Crippen LogP contribution < -0.4 is 5.73 Å². The lowest BCUT2D eigenvalue weighted by atomic mass is 10.1. The number of hydrogen-bond donors (Lipinski definition) is 1. The van der Waals surface area contributed by atoms with Crippen molar-refractivity contribution in [3.05, 3.63) is 39.3 Å². The Kier molecular flexibility index (Phi) is 3.12. The molecule has 0 saturated heterocycles. The lowest BCUT2D eigenvalue weighted by Gasteiger charge is -2.11. The van der Waals surface area contributed by atoms with Crippen LogP contribution in [0.5, 0.6) is 0 Å². The van der Waals surface area contributed by atoms with Crippen LogP contribution >= 0.6 is 11.3 Å². The third kappa shape index (κ3) is 2.03. The van der Waals surface area contributed by atoms with Crippen LogP contribution in [-0.4, -0.2) is 9.78 Å². The standard InChI is InChI=1S/C12H17N3S/c1-4-15-10(7-8(2)14-15)12(13)11-6-5-9(3)16-11/h5-7,12H,4,13H2,1-3H3. The predicted octanol–water partition coefficient (Wildman–Crippen LogP) is 2.63. The minimum absolute atomic E-state index is 0.0557. The molecule has 0 saturated carbocycles. The van der Waals surface area contributed by atoms with Crippen molar-refractivity contribution in [3.8, 4) is 0 Å². The molecular formula is C12H17N3S. The molecule has 86 valence electrons. The number of aromatic nitrogens is 2. The molecule has 0 fully saturated rings. The largest absolute Gasteiger partial charge is 0.318 e. The fourth-order valence-electron chi connectivity index (χ4n) is 1.84. The summed E-state index contributed by atoms with van der Waals surface area (Å²) in [5.41, 5.74) is 8.40. The highest BCUT2D eigenvalue weighted by atomic mass is 32.1. The lowest BCUT2D eigenvalue weighted by molar-refractivity contribution is 0.600. The Bertz CT molecular complexity index is 484. The zero-order valence-corrected chi connectivity index (χ0v) is 10.7. The van der Waals surface area contributed by atoms with Gasteiger partial charge >= 0.3 is 0 Å². The van der Waals surface area contributed by atoms with Crippen molar-refractivity contribution in [3.63, 3.8) is 0 Å². The summed E-state index contributed by atoms with van der Waals surface area (Å²) in [6.45, 7) is 7.05. The van der Waals surface area contributed by atoms with E-state index in [1.807, 2.05) is 11.6 Å². The zero-order chi connectivity index (χ0) is 11.7. The van der Waals surface area contributed by atoms with Crippen LogP contribution in [-0.2, 0) is 6.54 Å². The third-order valence-corrected chi connectivity index (χ3v) is 3.70. The van der Waals surface area contributed by atoms with Crippen molar-refractivity contribution in [2.75, 3.05) is 0 Å². The summed E-state index contributed by atoms with van der Waals surface area (Å²) in [4.78, 5) is 2.50. The molecule has 2 aromatic rings. The summed E-state index contributed by atoms with van der Waals surface area (Å²) in [5, 5.41) is 4.42. The topological polar surface area (TPSA) is 43.8 Å². The summed E-state index contributed by atoms with van der Waals surface area (Å²) < 4.78 is 1.98. The first-order chi connectivity index (χ1) is 7.61. The summed E-state index contributed by atoms with van der Waals surface area (Å²) in [7, 11) is 0. The van der Waals surface area contributed by atoms with Crippen LogP contribution in [0.4, 0.5) is 0 Å². The summed E-state index contributed by atoms with van der Waals surface area (Å²) in [6.07, 6.45) is 0. The number of aryl methyl sites for hydroxylation is 3. The summed E-state index contributed by atoms with van der Waals surface area (Å²) >= 11 is 1.75. The molecule has 0 aliphatic heterocycles. The quantitative estimate of drug-likeness (QED) is 0.888. The lowest BCUT2D eigenvalue weighted by Crippen LogP contribution is -2.15. The van der Waals surface area contributed by atoms with Gasteiger partial charge in [-0.2, -0.15) is 5.10 Å². The van der Waals surface area contributed by atoms with Gasteiger partial charge in [-0.3, -0.25) is 4.68 Å². The van der Waals surface area contributed by atoms with Crippen LogP contribution in [0.3, 0.4) is 0 Å². The van der Waals surface area contributed by atoms with E-state index in [0.29, 0.717) is 0 Å². The first-order valence-corrected chi connectivity index (χ1v) is 6.29. The van der Waals surface area contributed by atoms with E-state index in [1.54, 1.807) is 11.3 Å². The first-order valence-electron chi connectivity index (χ1n) is 5.48. The second-order valence-corrected chi connectivity index (χ2v) is 5.27. The molecule has 0 aliphatic carbocycles. The maximum absolute atomic E-state index is 6.27. The predicted molar refractivity (Wildman–Crippen MR) is 67.7 cm³/mol. The van der Waals surface area contributed by atoms with Gasteiger partial charge in [0.2, 0.25) is 0 Å². The van der Waals surface area contributed by atoms with Gasteiger partial charge in [0.1, 0.15) is 0 Å².